The molecule has 0 atom stereocenters. The van der Waals surface area contributed by atoms with Gasteiger partial charge in [0, 0.05) is 18.7 Å². The minimum Gasteiger partial charge on any atom is -0.495 e. The first-order chi connectivity index (χ1) is 13.8. The Morgan fingerprint density at radius 1 is 1.10 bits per heavy atom. The topological polar surface area (TPSA) is 75.7 Å². The minimum absolute atomic E-state index is 0.0165. The summed E-state index contributed by atoms with van der Waals surface area (Å²) in [6.07, 6.45) is 5.01. The minimum atomic E-state index is -3.66. The Morgan fingerprint density at radius 2 is 1.83 bits per heavy atom. The molecular formula is C22H28N2O4S. The zero-order valence-electron chi connectivity index (χ0n) is 17.1. The number of sulfonamides is 1. The summed E-state index contributed by atoms with van der Waals surface area (Å²) in [6, 6.07) is 11.7. The van der Waals surface area contributed by atoms with Crippen molar-refractivity contribution in [3.63, 3.8) is 0 Å². The fraction of sp³-hybridized carbons (Fsp3) is 0.409. The summed E-state index contributed by atoms with van der Waals surface area (Å²) in [4.78, 5) is 12.9. The second-order valence-corrected chi connectivity index (χ2v) is 9.50. The molecule has 1 N–H and O–H groups in total. The average molecular weight is 417 g/mol. The Hall–Kier alpha value is -2.38. The molecule has 1 saturated carbocycles. The number of anilines is 1. The van der Waals surface area contributed by atoms with E-state index < -0.39 is 10.0 Å². The van der Waals surface area contributed by atoms with Crippen LogP contribution < -0.4 is 10.1 Å². The van der Waals surface area contributed by atoms with E-state index >= 15 is 0 Å². The van der Waals surface area contributed by atoms with E-state index in [1.807, 2.05) is 19.1 Å². The lowest BCUT2D eigenvalue weighted by atomic mass is 9.96. The van der Waals surface area contributed by atoms with Gasteiger partial charge in [-0.25, -0.2) is 8.42 Å². The van der Waals surface area contributed by atoms with E-state index in [2.05, 4.69) is 5.32 Å². The van der Waals surface area contributed by atoms with Crippen molar-refractivity contribution in [3.05, 3.63) is 53.6 Å². The lowest BCUT2D eigenvalue weighted by molar-refractivity contribution is 0.102. The van der Waals surface area contributed by atoms with Gasteiger partial charge in [-0.15, -0.1) is 0 Å². The number of methoxy groups -OCH3 is 1. The lowest BCUT2D eigenvalue weighted by Crippen LogP contribution is -2.38. The maximum Gasteiger partial charge on any atom is 0.255 e. The van der Waals surface area contributed by atoms with Crippen molar-refractivity contribution >= 4 is 21.6 Å². The molecule has 0 spiro atoms. The van der Waals surface area contributed by atoms with Gasteiger partial charge in [-0.2, -0.15) is 4.31 Å². The number of hydrogen-bond acceptors (Lipinski definition) is 4. The van der Waals surface area contributed by atoms with Crippen molar-refractivity contribution in [1.82, 2.24) is 4.31 Å². The monoisotopic (exact) mass is 416 g/mol. The predicted octanol–water partition coefficient (Wildman–Crippen LogP) is 4.21. The summed E-state index contributed by atoms with van der Waals surface area (Å²) >= 11 is 0. The number of nitrogens with one attached hydrogen (secondary N) is 1. The van der Waals surface area contributed by atoms with Gasteiger partial charge in [-0.05, 0) is 55.7 Å². The highest BCUT2D eigenvalue weighted by Gasteiger charge is 2.29. The van der Waals surface area contributed by atoms with E-state index in [4.69, 9.17) is 4.74 Å². The summed E-state index contributed by atoms with van der Waals surface area (Å²) in [7, 11) is -0.487. The molecule has 0 saturated heterocycles. The molecule has 156 valence electrons. The highest BCUT2D eigenvalue weighted by molar-refractivity contribution is 7.89. The third-order valence-corrected chi connectivity index (χ3v) is 7.37. The number of aryl methyl sites for hydroxylation is 1. The molecule has 3 rings (SSSR count). The lowest BCUT2D eigenvalue weighted by Gasteiger charge is -2.30. The van der Waals surface area contributed by atoms with Crippen molar-refractivity contribution in [2.75, 3.05) is 19.5 Å². The first-order valence-electron chi connectivity index (χ1n) is 9.87. The van der Waals surface area contributed by atoms with E-state index in [0.29, 0.717) is 11.4 Å². The molecule has 7 heteroatoms. The molecule has 0 heterocycles. The van der Waals surface area contributed by atoms with Gasteiger partial charge in [0.2, 0.25) is 10.0 Å². The van der Waals surface area contributed by atoms with Crippen LogP contribution in [-0.2, 0) is 10.0 Å². The maximum absolute atomic E-state index is 13.1. The Bertz CT molecular complexity index is 982. The molecule has 1 aliphatic carbocycles. The van der Waals surface area contributed by atoms with Crippen molar-refractivity contribution < 1.29 is 17.9 Å². The SMILES string of the molecule is COc1ccc(C)cc1NC(=O)c1cccc(S(=O)(=O)N(C)C2CCCCC2)c1. The number of carbonyl (C=O) groups excluding carboxylic acids is 1. The third kappa shape index (κ3) is 4.79. The molecular weight excluding hydrogens is 388 g/mol. The van der Waals surface area contributed by atoms with Crippen LogP contribution >= 0.6 is 0 Å². The highest BCUT2D eigenvalue weighted by atomic mass is 32.2. The van der Waals surface area contributed by atoms with Crippen LogP contribution in [0.4, 0.5) is 5.69 Å². The Labute approximate surface area is 172 Å². The Kier molecular flexibility index (Phi) is 6.59. The molecule has 0 radical (unpaired) electrons. The standard InChI is InChI=1S/C22H28N2O4S/c1-16-12-13-21(28-3)20(14-16)23-22(25)17-8-7-11-19(15-17)29(26,27)24(2)18-9-5-4-6-10-18/h7-8,11-15,18H,4-6,9-10H2,1-3H3,(H,23,25). The smallest absolute Gasteiger partial charge is 0.255 e. The third-order valence-electron chi connectivity index (χ3n) is 5.47. The van der Waals surface area contributed by atoms with E-state index in [0.717, 1.165) is 37.7 Å². The maximum atomic E-state index is 13.1. The number of amides is 1. The van der Waals surface area contributed by atoms with Gasteiger partial charge in [-0.1, -0.05) is 31.4 Å². The van der Waals surface area contributed by atoms with Crippen LogP contribution in [0.2, 0.25) is 0 Å². The zero-order chi connectivity index (χ0) is 21.0. The summed E-state index contributed by atoms with van der Waals surface area (Å²) in [5, 5.41) is 2.82. The largest absolute Gasteiger partial charge is 0.495 e. The van der Waals surface area contributed by atoms with E-state index in [9.17, 15) is 13.2 Å². The number of carbonyl (C=O) groups is 1. The number of hydrogen-bond donors (Lipinski definition) is 1. The molecule has 0 bridgehead atoms. The first-order valence-corrected chi connectivity index (χ1v) is 11.3. The summed E-state index contributed by atoms with van der Waals surface area (Å²) in [5.74, 6) is 0.163. The van der Waals surface area contributed by atoms with Gasteiger partial charge in [0.15, 0.2) is 0 Å². The molecule has 2 aromatic carbocycles. The van der Waals surface area contributed by atoms with Gasteiger partial charge in [-0.3, -0.25) is 4.79 Å². The molecule has 29 heavy (non-hydrogen) atoms. The van der Waals surface area contributed by atoms with Crippen LogP contribution in [0.25, 0.3) is 0 Å². The molecule has 0 aromatic heterocycles. The summed E-state index contributed by atoms with van der Waals surface area (Å²) in [6.45, 7) is 1.92. The Morgan fingerprint density at radius 3 is 2.52 bits per heavy atom. The average Bonchev–Trinajstić information content (AvgIpc) is 2.74. The number of ether oxygens (including phenoxy) is 1. The van der Waals surface area contributed by atoms with Crippen molar-refractivity contribution in [2.24, 2.45) is 0 Å². The van der Waals surface area contributed by atoms with Gasteiger partial charge in [0.25, 0.3) is 5.91 Å². The van der Waals surface area contributed by atoms with Crippen LogP contribution in [0.15, 0.2) is 47.4 Å². The van der Waals surface area contributed by atoms with Crippen LogP contribution in [0.3, 0.4) is 0 Å². The first kappa shape index (κ1) is 21.3. The normalized spacial score (nSPS) is 15.3. The number of rotatable bonds is 6. The second kappa shape index (κ2) is 8.97. The molecule has 0 unspecified atom stereocenters. The van der Waals surface area contributed by atoms with Crippen LogP contribution in [0.1, 0.15) is 48.0 Å². The Balaban J connectivity index is 1.83. The van der Waals surface area contributed by atoms with E-state index in [-0.39, 0.29) is 22.4 Å². The molecule has 1 aliphatic rings. The number of benzene rings is 2. The van der Waals surface area contributed by atoms with Crippen molar-refractivity contribution in [2.45, 2.75) is 50.0 Å². The second-order valence-electron chi connectivity index (χ2n) is 7.50. The fourth-order valence-electron chi connectivity index (χ4n) is 3.72. The van der Waals surface area contributed by atoms with Crippen molar-refractivity contribution in [1.29, 1.82) is 0 Å². The van der Waals surface area contributed by atoms with E-state index in [1.165, 1.54) is 17.5 Å². The van der Waals surface area contributed by atoms with Crippen molar-refractivity contribution in [3.8, 4) is 5.75 Å². The molecule has 6 nitrogen and oxygen atoms in total. The van der Waals surface area contributed by atoms with Gasteiger partial charge in [0.05, 0.1) is 17.7 Å². The van der Waals surface area contributed by atoms with Crippen LogP contribution in [0, 0.1) is 6.92 Å². The van der Waals surface area contributed by atoms with Gasteiger partial charge < -0.3 is 10.1 Å². The molecule has 1 amide bonds. The van der Waals surface area contributed by atoms with Crippen LogP contribution in [-0.4, -0.2) is 38.8 Å². The quantitative estimate of drug-likeness (QED) is 0.765. The van der Waals surface area contributed by atoms with Crippen LogP contribution in [0.5, 0.6) is 5.75 Å². The number of nitrogens with zero attached hydrogens (tertiary/aromatic N) is 1. The molecule has 1 fully saturated rings. The predicted molar refractivity (Wildman–Crippen MR) is 114 cm³/mol. The molecule has 2 aromatic rings. The van der Waals surface area contributed by atoms with E-state index in [1.54, 1.807) is 31.3 Å². The zero-order valence-corrected chi connectivity index (χ0v) is 18.0. The summed E-state index contributed by atoms with van der Waals surface area (Å²) < 4.78 is 32.9. The highest BCUT2D eigenvalue weighted by Crippen LogP contribution is 2.28. The molecule has 0 aliphatic heterocycles. The van der Waals surface area contributed by atoms with Gasteiger partial charge >= 0.3 is 0 Å². The summed E-state index contributed by atoms with van der Waals surface area (Å²) in [5.41, 5.74) is 1.81. The fourth-order valence-corrected chi connectivity index (χ4v) is 5.18. The van der Waals surface area contributed by atoms with Gasteiger partial charge in [0.1, 0.15) is 5.75 Å².